The molecule has 1 rings (SSSR count). The van der Waals surface area contributed by atoms with Crippen molar-refractivity contribution in [3.05, 3.63) is 35.9 Å². The first-order valence-electron chi connectivity index (χ1n) is 5.23. The van der Waals surface area contributed by atoms with E-state index in [2.05, 4.69) is 4.52 Å². The molecule has 0 amide bonds. The summed E-state index contributed by atoms with van der Waals surface area (Å²) in [5.74, 6) is 0.0329. The first-order valence-corrected chi connectivity index (χ1v) is 6.76. The molecule has 6 heteroatoms. The van der Waals surface area contributed by atoms with Crippen LogP contribution < -0.4 is 0 Å². The lowest BCUT2D eigenvalue weighted by atomic mass is 10.1. The Labute approximate surface area is 99.7 Å². The summed E-state index contributed by atoms with van der Waals surface area (Å²) in [6, 6.07) is 9.33. The maximum Gasteiger partial charge on any atom is 0.469 e. The van der Waals surface area contributed by atoms with Crippen LogP contribution in [0.1, 0.15) is 18.4 Å². The van der Waals surface area contributed by atoms with Crippen LogP contribution in [0, 0.1) is 0 Å². The van der Waals surface area contributed by atoms with Crippen molar-refractivity contribution in [2.45, 2.75) is 19.3 Å². The molecule has 0 heterocycles. The smallest absolute Gasteiger partial charge is 0.303 e. The number of phosphoric ester groups is 1. The highest BCUT2D eigenvalue weighted by atomic mass is 31.2. The fourth-order valence-electron chi connectivity index (χ4n) is 1.36. The van der Waals surface area contributed by atoms with Gasteiger partial charge < -0.3 is 9.79 Å². The number of benzene rings is 1. The molecule has 0 atom stereocenters. The van der Waals surface area contributed by atoms with Crippen molar-refractivity contribution in [1.29, 1.82) is 0 Å². The van der Waals surface area contributed by atoms with E-state index in [1.165, 1.54) is 0 Å². The van der Waals surface area contributed by atoms with Gasteiger partial charge in [-0.3, -0.25) is 9.32 Å². The van der Waals surface area contributed by atoms with Crippen LogP contribution in [0.15, 0.2) is 30.3 Å². The van der Waals surface area contributed by atoms with Crippen LogP contribution in [0.2, 0.25) is 0 Å². The second-order valence-electron chi connectivity index (χ2n) is 3.63. The van der Waals surface area contributed by atoms with Crippen molar-refractivity contribution >= 4 is 13.6 Å². The van der Waals surface area contributed by atoms with Crippen molar-refractivity contribution in [3.63, 3.8) is 0 Å². The van der Waals surface area contributed by atoms with Gasteiger partial charge in [0.05, 0.1) is 6.61 Å². The van der Waals surface area contributed by atoms with Crippen molar-refractivity contribution in [1.82, 2.24) is 0 Å². The monoisotopic (exact) mass is 258 g/mol. The van der Waals surface area contributed by atoms with Gasteiger partial charge in [-0.15, -0.1) is 0 Å². The van der Waals surface area contributed by atoms with Gasteiger partial charge in [0.25, 0.3) is 0 Å². The number of Topliss-reactive ketones (excluding diaryl/α,β-unsaturated/α-hetero) is 1. The molecule has 0 aliphatic heterocycles. The predicted molar refractivity (Wildman–Crippen MR) is 62.4 cm³/mol. The van der Waals surface area contributed by atoms with Crippen LogP contribution in [0.25, 0.3) is 0 Å². The van der Waals surface area contributed by atoms with Gasteiger partial charge in [-0.25, -0.2) is 4.57 Å². The third kappa shape index (κ3) is 7.02. The summed E-state index contributed by atoms with van der Waals surface area (Å²) in [6.45, 7) is -0.106. The van der Waals surface area contributed by atoms with Crippen LogP contribution in [0.5, 0.6) is 0 Å². The number of carbonyl (C=O) groups is 1. The van der Waals surface area contributed by atoms with Gasteiger partial charge in [-0.1, -0.05) is 30.3 Å². The molecule has 0 aliphatic carbocycles. The Balaban J connectivity index is 2.20. The van der Waals surface area contributed by atoms with Gasteiger partial charge in [-0.2, -0.15) is 0 Å². The highest BCUT2D eigenvalue weighted by molar-refractivity contribution is 7.46. The van der Waals surface area contributed by atoms with Gasteiger partial charge >= 0.3 is 7.82 Å². The average Bonchev–Trinajstić information content (AvgIpc) is 2.25. The van der Waals surface area contributed by atoms with Crippen LogP contribution >= 0.6 is 7.82 Å². The Morgan fingerprint density at radius 3 is 2.47 bits per heavy atom. The summed E-state index contributed by atoms with van der Waals surface area (Å²) in [7, 11) is -4.40. The predicted octanol–water partition coefficient (Wildman–Crippen LogP) is 1.69. The minimum absolute atomic E-state index is 0.0329. The molecule has 0 saturated carbocycles. The van der Waals surface area contributed by atoms with Crippen LogP contribution in [-0.2, 0) is 20.3 Å². The van der Waals surface area contributed by atoms with Gasteiger partial charge in [0, 0.05) is 12.8 Å². The number of hydrogen-bond donors (Lipinski definition) is 2. The fraction of sp³-hybridized carbons (Fsp3) is 0.364. The molecule has 0 bridgehead atoms. The maximum atomic E-state index is 11.5. The van der Waals surface area contributed by atoms with Gasteiger partial charge in [0.2, 0.25) is 0 Å². The number of ketones is 1. The third-order valence-electron chi connectivity index (χ3n) is 2.10. The van der Waals surface area contributed by atoms with Crippen molar-refractivity contribution < 1.29 is 23.7 Å². The average molecular weight is 258 g/mol. The highest BCUT2D eigenvalue weighted by Crippen LogP contribution is 2.35. The fourth-order valence-corrected chi connectivity index (χ4v) is 1.73. The molecular weight excluding hydrogens is 243 g/mol. The Kier molecular flexibility index (Phi) is 5.51. The van der Waals surface area contributed by atoms with Crippen molar-refractivity contribution in [2.24, 2.45) is 0 Å². The van der Waals surface area contributed by atoms with Gasteiger partial charge in [0.1, 0.15) is 5.78 Å². The standard InChI is InChI=1S/C11H15O5P/c12-11(7-4-8-16-17(13,14)15)9-10-5-2-1-3-6-10/h1-3,5-6H,4,7-9H2,(H2,13,14,15). The zero-order valence-corrected chi connectivity index (χ0v) is 10.2. The number of hydrogen-bond acceptors (Lipinski definition) is 3. The van der Waals surface area contributed by atoms with Crippen LogP contribution in [-0.4, -0.2) is 22.2 Å². The van der Waals surface area contributed by atoms with Crippen molar-refractivity contribution in [3.8, 4) is 0 Å². The summed E-state index contributed by atoms with van der Waals surface area (Å²) < 4.78 is 14.6. The summed E-state index contributed by atoms with van der Waals surface area (Å²) in [5, 5.41) is 0. The van der Waals surface area contributed by atoms with Crippen molar-refractivity contribution in [2.75, 3.05) is 6.61 Å². The SMILES string of the molecule is O=C(CCCOP(=O)(O)O)Cc1ccccc1. The summed E-state index contributed by atoms with van der Waals surface area (Å²) in [4.78, 5) is 28.3. The Morgan fingerprint density at radius 1 is 1.24 bits per heavy atom. The lowest BCUT2D eigenvalue weighted by Crippen LogP contribution is -2.04. The minimum atomic E-state index is -4.40. The Morgan fingerprint density at radius 2 is 1.88 bits per heavy atom. The third-order valence-corrected chi connectivity index (χ3v) is 2.62. The molecule has 5 nitrogen and oxygen atoms in total. The Hall–Kier alpha value is -1.00. The van der Waals surface area contributed by atoms with E-state index >= 15 is 0 Å². The van der Waals surface area contributed by atoms with E-state index < -0.39 is 7.82 Å². The molecule has 0 spiro atoms. The first kappa shape index (κ1) is 14.1. The number of carbonyl (C=O) groups excluding carboxylic acids is 1. The van der Waals surface area contributed by atoms with E-state index in [0.717, 1.165) is 5.56 Å². The molecule has 1 aromatic rings. The number of rotatable bonds is 7. The summed E-state index contributed by atoms with van der Waals surface area (Å²) in [6.07, 6.45) is 0.919. The van der Waals surface area contributed by atoms with E-state index in [1.54, 1.807) is 0 Å². The van der Waals surface area contributed by atoms with E-state index in [0.29, 0.717) is 12.8 Å². The molecule has 0 unspecified atom stereocenters. The van der Waals surface area contributed by atoms with E-state index in [9.17, 15) is 9.36 Å². The molecule has 94 valence electrons. The zero-order chi connectivity index (χ0) is 12.7. The lowest BCUT2D eigenvalue weighted by molar-refractivity contribution is -0.118. The second-order valence-corrected chi connectivity index (χ2v) is 4.87. The molecule has 0 fully saturated rings. The van der Waals surface area contributed by atoms with E-state index in [1.807, 2.05) is 30.3 Å². The van der Waals surface area contributed by atoms with E-state index in [-0.39, 0.29) is 18.8 Å². The quantitative estimate of drug-likeness (QED) is 0.574. The molecule has 0 aromatic heterocycles. The van der Waals surface area contributed by atoms with Gasteiger partial charge in [-0.05, 0) is 12.0 Å². The number of phosphoric acid groups is 1. The van der Waals surface area contributed by atoms with Crippen LogP contribution in [0.4, 0.5) is 0 Å². The highest BCUT2D eigenvalue weighted by Gasteiger charge is 2.13. The normalized spacial score (nSPS) is 11.4. The molecule has 0 radical (unpaired) electrons. The minimum Gasteiger partial charge on any atom is -0.303 e. The molecule has 2 N–H and O–H groups in total. The molecule has 1 aromatic carbocycles. The topological polar surface area (TPSA) is 83.8 Å². The zero-order valence-electron chi connectivity index (χ0n) is 9.28. The van der Waals surface area contributed by atoms with Crippen LogP contribution in [0.3, 0.4) is 0 Å². The first-order chi connectivity index (χ1) is 7.97. The summed E-state index contributed by atoms with van der Waals surface area (Å²) >= 11 is 0. The lowest BCUT2D eigenvalue weighted by Gasteiger charge is -2.04. The molecule has 0 saturated heterocycles. The summed E-state index contributed by atoms with van der Waals surface area (Å²) in [5.41, 5.74) is 0.938. The molecular formula is C11H15O5P. The second kappa shape index (κ2) is 6.67. The molecule has 17 heavy (non-hydrogen) atoms. The largest absolute Gasteiger partial charge is 0.469 e. The Bertz CT molecular complexity index is 398. The maximum absolute atomic E-state index is 11.5. The van der Waals surface area contributed by atoms with E-state index in [4.69, 9.17) is 9.79 Å². The molecule has 0 aliphatic rings. The van der Waals surface area contributed by atoms with Gasteiger partial charge in [0.15, 0.2) is 0 Å².